The highest BCUT2D eigenvalue weighted by molar-refractivity contribution is 6.04. The maximum atomic E-state index is 14.0. The van der Waals surface area contributed by atoms with Crippen LogP contribution in [0.1, 0.15) is 58.8 Å². The molecule has 5 aromatic rings. The Bertz CT molecular complexity index is 2220. The summed E-state index contributed by atoms with van der Waals surface area (Å²) in [6, 6.07) is 28.4. The number of ether oxygens (including phenoxy) is 6. The fourth-order valence-electron chi connectivity index (χ4n) is 6.19. The van der Waals surface area contributed by atoms with E-state index in [0.29, 0.717) is 27.6 Å². The summed E-state index contributed by atoms with van der Waals surface area (Å²) in [5, 5.41) is 0.325. The van der Waals surface area contributed by atoms with E-state index in [1.54, 1.807) is 84.9 Å². The van der Waals surface area contributed by atoms with Crippen LogP contribution in [0.15, 0.2) is 103 Å². The number of carbonyl (C=O) groups is 6. The van der Waals surface area contributed by atoms with E-state index in [1.165, 1.54) is 31.1 Å². The third kappa shape index (κ3) is 8.82. The molecule has 1 aliphatic rings. The normalized spacial score (nSPS) is 14.5. The van der Waals surface area contributed by atoms with Gasteiger partial charge in [0, 0.05) is 42.8 Å². The Balaban J connectivity index is 1.42. The summed E-state index contributed by atoms with van der Waals surface area (Å²) in [6.45, 7) is 2.01. The van der Waals surface area contributed by atoms with Gasteiger partial charge in [-0.15, -0.1) is 0 Å². The number of rotatable bonds is 11. The minimum Gasteiger partial charge on any atom is -0.464 e. The van der Waals surface area contributed by atoms with Gasteiger partial charge in [0.05, 0.1) is 24.9 Å². The van der Waals surface area contributed by atoms with Crippen LogP contribution in [0.5, 0.6) is 5.75 Å². The van der Waals surface area contributed by atoms with E-state index < -0.39 is 54.3 Å². The van der Waals surface area contributed by atoms with Crippen molar-refractivity contribution in [1.29, 1.82) is 0 Å². The highest BCUT2D eigenvalue weighted by atomic mass is 16.6. The minimum absolute atomic E-state index is 0.00833. The Kier molecular flexibility index (Phi) is 11.5. The zero-order valence-electron chi connectivity index (χ0n) is 30.0. The largest absolute Gasteiger partial charge is 0.464 e. The van der Waals surface area contributed by atoms with Gasteiger partial charge in [0.2, 0.25) is 12.2 Å². The zero-order chi connectivity index (χ0) is 39.1. The summed E-state index contributed by atoms with van der Waals surface area (Å²) in [7, 11) is 1.19. The SMILES string of the molecule is COC(=O)c1cc2c3c(cc(OC(=O)[C@H](OC(C)=O)c4ccccc4)c2[nH]1)N(C(=O)OCc1ccccc1)CC(OC(=O)[C@H](OC(C)=O)c1ccccc1)C3. The Hall–Kier alpha value is -6.96. The number of hydrogen-bond donors (Lipinski definition) is 1. The molecule has 4 aromatic carbocycles. The van der Waals surface area contributed by atoms with Gasteiger partial charge in [0.15, 0.2) is 5.75 Å². The number of aromatic nitrogens is 1. The monoisotopic (exact) mass is 748 g/mol. The highest BCUT2D eigenvalue weighted by Crippen LogP contribution is 2.41. The maximum absolute atomic E-state index is 14.0. The predicted molar refractivity (Wildman–Crippen MR) is 195 cm³/mol. The number of hydrogen-bond acceptors (Lipinski definition) is 12. The van der Waals surface area contributed by atoms with Crippen LogP contribution in [0.2, 0.25) is 0 Å². The molecule has 1 N–H and O–H groups in total. The number of nitrogens with one attached hydrogen (secondary N) is 1. The molecule has 1 unspecified atom stereocenters. The lowest BCUT2D eigenvalue weighted by molar-refractivity contribution is -0.170. The molecule has 55 heavy (non-hydrogen) atoms. The number of carbonyl (C=O) groups excluding carboxylic acids is 6. The molecule has 14 heteroatoms. The van der Waals surface area contributed by atoms with E-state index >= 15 is 0 Å². The Morgan fingerprint density at radius 2 is 1.33 bits per heavy atom. The lowest BCUT2D eigenvalue weighted by atomic mass is 9.95. The summed E-state index contributed by atoms with van der Waals surface area (Å²) in [5.41, 5.74) is 2.22. The molecule has 0 aliphatic carbocycles. The van der Waals surface area contributed by atoms with E-state index in [4.69, 9.17) is 28.4 Å². The molecule has 2 heterocycles. The second-order valence-corrected chi connectivity index (χ2v) is 12.5. The molecule has 0 saturated heterocycles. The summed E-state index contributed by atoms with van der Waals surface area (Å²) in [4.78, 5) is 82.4. The van der Waals surface area contributed by atoms with Gasteiger partial charge in [-0.05, 0) is 17.2 Å². The van der Waals surface area contributed by atoms with Gasteiger partial charge < -0.3 is 33.4 Å². The molecule has 282 valence electrons. The van der Waals surface area contributed by atoms with Gasteiger partial charge >= 0.3 is 35.9 Å². The van der Waals surface area contributed by atoms with Gasteiger partial charge in [-0.2, -0.15) is 0 Å². The molecular formula is C41H36N2O12. The predicted octanol–water partition coefficient (Wildman–Crippen LogP) is 6.08. The standard InChI is InChI=1S/C41H36N2O12/c1-24(44)52-36(27-15-9-5-10-16-27)39(47)54-29-19-30-31-20-32(38(46)50-3)42-35(31)34(55-40(48)37(53-25(2)45)28-17-11-6-12-18-28)21-33(30)43(22-29)41(49)51-23-26-13-7-4-8-14-26/h4-18,20-21,29,36-37,42H,19,22-23H2,1-3H3/t29?,36-,37-/m1/s1. The first-order chi connectivity index (χ1) is 26.5. The second-order valence-electron chi connectivity index (χ2n) is 12.5. The topological polar surface area (TPSA) is 177 Å². The molecule has 1 amide bonds. The number of aromatic amines is 1. The molecule has 14 nitrogen and oxygen atoms in total. The molecule has 1 aliphatic heterocycles. The van der Waals surface area contributed by atoms with Crippen molar-refractivity contribution in [3.8, 4) is 5.75 Å². The second kappa shape index (κ2) is 16.8. The lowest BCUT2D eigenvalue weighted by Gasteiger charge is -2.35. The van der Waals surface area contributed by atoms with Crippen LogP contribution < -0.4 is 9.64 Å². The van der Waals surface area contributed by atoms with Crippen LogP contribution in [-0.4, -0.2) is 60.7 Å². The number of H-pyrrole nitrogens is 1. The molecule has 0 spiro atoms. The van der Waals surface area contributed by atoms with Gasteiger partial charge in [0.25, 0.3) is 0 Å². The molecule has 6 rings (SSSR count). The van der Waals surface area contributed by atoms with Gasteiger partial charge in [-0.3, -0.25) is 14.5 Å². The van der Waals surface area contributed by atoms with Gasteiger partial charge in [-0.25, -0.2) is 19.2 Å². The maximum Gasteiger partial charge on any atom is 0.414 e. The Labute approximate surface area is 314 Å². The van der Waals surface area contributed by atoms with E-state index in [-0.39, 0.29) is 42.2 Å². The number of benzene rings is 4. The number of nitrogens with zero attached hydrogens (tertiary/aromatic N) is 1. The van der Waals surface area contributed by atoms with Crippen molar-refractivity contribution in [2.45, 2.75) is 45.2 Å². The van der Waals surface area contributed by atoms with E-state index in [2.05, 4.69) is 4.98 Å². The summed E-state index contributed by atoms with van der Waals surface area (Å²) >= 11 is 0. The van der Waals surface area contributed by atoms with E-state index in [1.807, 2.05) is 6.07 Å². The van der Waals surface area contributed by atoms with Gasteiger partial charge in [-0.1, -0.05) is 91.0 Å². The molecule has 1 aromatic heterocycles. The molecule has 3 atom stereocenters. The van der Waals surface area contributed by atoms with Gasteiger partial charge in [0.1, 0.15) is 18.4 Å². The minimum atomic E-state index is -1.45. The number of fused-ring (bicyclic) bond motifs is 3. The van der Waals surface area contributed by atoms with Crippen molar-refractivity contribution < 1.29 is 57.2 Å². The van der Waals surface area contributed by atoms with Crippen LogP contribution in [0.4, 0.5) is 10.5 Å². The Morgan fingerprint density at radius 1 is 0.764 bits per heavy atom. The number of amides is 1. The molecular weight excluding hydrogens is 712 g/mol. The smallest absolute Gasteiger partial charge is 0.414 e. The van der Waals surface area contributed by atoms with Crippen molar-refractivity contribution >= 4 is 52.5 Å². The molecule has 0 radical (unpaired) electrons. The van der Waals surface area contributed by atoms with Crippen LogP contribution in [0.3, 0.4) is 0 Å². The van der Waals surface area contributed by atoms with Crippen molar-refractivity contribution in [2.24, 2.45) is 0 Å². The first-order valence-corrected chi connectivity index (χ1v) is 17.1. The third-order valence-electron chi connectivity index (χ3n) is 8.60. The number of esters is 5. The number of anilines is 1. The van der Waals surface area contributed by atoms with Crippen molar-refractivity contribution in [3.63, 3.8) is 0 Å². The highest BCUT2D eigenvalue weighted by Gasteiger charge is 2.38. The number of methoxy groups -OCH3 is 1. The average Bonchev–Trinajstić information content (AvgIpc) is 3.65. The summed E-state index contributed by atoms with van der Waals surface area (Å²) < 4.78 is 33.2. The van der Waals surface area contributed by atoms with Crippen molar-refractivity contribution in [1.82, 2.24) is 4.98 Å². The van der Waals surface area contributed by atoms with Crippen LogP contribution >= 0.6 is 0 Å². The lowest BCUT2D eigenvalue weighted by Crippen LogP contribution is -2.45. The van der Waals surface area contributed by atoms with Crippen molar-refractivity contribution in [2.75, 3.05) is 18.6 Å². The average molecular weight is 749 g/mol. The van der Waals surface area contributed by atoms with E-state index in [9.17, 15) is 28.8 Å². The van der Waals surface area contributed by atoms with Crippen LogP contribution in [-0.2, 0) is 55.9 Å². The zero-order valence-corrected chi connectivity index (χ0v) is 30.0. The fourth-order valence-corrected chi connectivity index (χ4v) is 6.19. The quantitative estimate of drug-likeness (QED) is 0.0937. The Morgan fingerprint density at radius 3 is 1.89 bits per heavy atom. The molecule has 0 bridgehead atoms. The summed E-state index contributed by atoms with van der Waals surface area (Å²) in [6.07, 6.45) is -4.67. The fraction of sp³-hybridized carbons (Fsp3) is 0.220. The van der Waals surface area contributed by atoms with E-state index in [0.717, 1.165) is 6.92 Å². The van der Waals surface area contributed by atoms with Crippen molar-refractivity contribution in [3.05, 3.63) is 131 Å². The summed E-state index contributed by atoms with van der Waals surface area (Å²) in [5.74, 6) is -4.14. The van der Waals surface area contributed by atoms with Crippen LogP contribution in [0.25, 0.3) is 10.9 Å². The first kappa shape index (κ1) is 37.8. The first-order valence-electron chi connectivity index (χ1n) is 17.1. The third-order valence-corrected chi connectivity index (χ3v) is 8.60. The van der Waals surface area contributed by atoms with Crippen LogP contribution in [0, 0.1) is 0 Å². The molecule has 0 fully saturated rings. The molecule has 0 saturated carbocycles.